The Morgan fingerprint density at radius 1 is 1.38 bits per heavy atom. The molecule has 0 aromatic carbocycles. The standard InChI is InChI=1S/C9H19N3O/c1-4-5-6-7-10-9(8-11-13)12(2)3/h8,13H,4-7H2,1-3H3. The van der Waals surface area contributed by atoms with Gasteiger partial charge in [-0.3, -0.25) is 4.99 Å². The molecule has 0 atom stereocenters. The zero-order valence-electron chi connectivity index (χ0n) is 8.69. The van der Waals surface area contributed by atoms with Crippen molar-refractivity contribution in [2.75, 3.05) is 20.6 Å². The van der Waals surface area contributed by atoms with Gasteiger partial charge in [0.1, 0.15) is 12.1 Å². The van der Waals surface area contributed by atoms with Crippen LogP contribution in [-0.4, -0.2) is 42.8 Å². The molecular weight excluding hydrogens is 166 g/mol. The van der Waals surface area contributed by atoms with Crippen molar-refractivity contribution in [3.63, 3.8) is 0 Å². The average molecular weight is 185 g/mol. The Balaban J connectivity index is 3.90. The number of amidine groups is 1. The molecule has 0 amide bonds. The molecule has 0 rings (SSSR count). The Bertz CT molecular complexity index is 176. The van der Waals surface area contributed by atoms with Crippen LogP contribution in [0.25, 0.3) is 0 Å². The van der Waals surface area contributed by atoms with Crippen LogP contribution < -0.4 is 0 Å². The maximum atomic E-state index is 8.35. The van der Waals surface area contributed by atoms with Gasteiger partial charge in [0.25, 0.3) is 0 Å². The van der Waals surface area contributed by atoms with Gasteiger partial charge in [0.2, 0.25) is 0 Å². The molecular formula is C9H19N3O. The summed E-state index contributed by atoms with van der Waals surface area (Å²) in [4.78, 5) is 6.11. The third-order valence-electron chi connectivity index (χ3n) is 1.67. The van der Waals surface area contributed by atoms with Crippen LogP contribution in [0.1, 0.15) is 26.2 Å². The zero-order valence-corrected chi connectivity index (χ0v) is 8.69. The Hall–Kier alpha value is -1.06. The van der Waals surface area contributed by atoms with Crippen molar-refractivity contribution in [2.24, 2.45) is 10.1 Å². The fraction of sp³-hybridized carbons (Fsp3) is 0.778. The molecule has 0 aromatic heterocycles. The molecule has 13 heavy (non-hydrogen) atoms. The summed E-state index contributed by atoms with van der Waals surface area (Å²) in [6.45, 7) is 2.96. The van der Waals surface area contributed by atoms with Gasteiger partial charge in [-0.25, -0.2) is 0 Å². The first-order chi connectivity index (χ1) is 6.22. The highest BCUT2D eigenvalue weighted by Gasteiger charge is 1.96. The van der Waals surface area contributed by atoms with Crippen LogP contribution in [-0.2, 0) is 0 Å². The van der Waals surface area contributed by atoms with Gasteiger partial charge in [-0.2, -0.15) is 0 Å². The van der Waals surface area contributed by atoms with Gasteiger partial charge < -0.3 is 10.1 Å². The molecule has 0 radical (unpaired) electrons. The zero-order chi connectivity index (χ0) is 10.1. The monoisotopic (exact) mass is 185 g/mol. The number of hydrogen-bond donors (Lipinski definition) is 1. The Kier molecular flexibility index (Phi) is 6.96. The highest BCUT2D eigenvalue weighted by Crippen LogP contribution is 1.94. The largest absolute Gasteiger partial charge is 0.411 e. The van der Waals surface area contributed by atoms with E-state index in [1.165, 1.54) is 19.1 Å². The fourth-order valence-corrected chi connectivity index (χ4v) is 0.905. The minimum atomic E-state index is 0.707. The van der Waals surface area contributed by atoms with Gasteiger partial charge in [0.15, 0.2) is 0 Å². The predicted molar refractivity (Wildman–Crippen MR) is 55.8 cm³/mol. The highest BCUT2D eigenvalue weighted by atomic mass is 16.4. The summed E-state index contributed by atoms with van der Waals surface area (Å²) in [7, 11) is 3.75. The first kappa shape index (κ1) is 11.9. The van der Waals surface area contributed by atoms with E-state index in [2.05, 4.69) is 17.1 Å². The van der Waals surface area contributed by atoms with E-state index in [1.807, 2.05) is 19.0 Å². The molecule has 0 saturated carbocycles. The highest BCUT2D eigenvalue weighted by molar-refractivity contribution is 6.28. The smallest absolute Gasteiger partial charge is 0.145 e. The van der Waals surface area contributed by atoms with Crippen molar-refractivity contribution in [1.82, 2.24) is 4.90 Å². The minimum absolute atomic E-state index is 0.707. The number of nitrogens with zero attached hydrogens (tertiary/aromatic N) is 3. The third kappa shape index (κ3) is 6.13. The normalized spacial score (nSPS) is 12.4. The van der Waals surface area contributed by atoms with Crippen molar-refractivity contribution < 1.29 is 5.21 Å². The van der Waals surface area contributed by atoms with Crippen LogP contribution in [0.5, 0.6) is 0 Å². The Labute approximate surface area is 80.0 Å². The molecule has 0 aromatic rings. The van der Waals surface area contributed by atoms with Gasteiger partial charge in [0, 0.05) is 20.6 Å². The van der Waals surface area contributed by atoms with Crippen LogP contribution in [0.4, 0.5) is 0 Å². The van der Waals surface area contributed by atoms with E-state index in [0.717, 1.165) is 13.0 Å². The van der Waals surface area contributed by atoms with E-state index in [9.17, 15) is 0 Å². The Morgan fingerprint density at radius 3 is 2.54 bits per heavy atom. The van der Waals surface area contributed by atoms with Crippen LogP contribution in [0.3, 0.4) is 0 Å². The maximum Gasteiger partial charge on any atom is 0.145 e. The second-order valence-corrected chi connectivity index (χ2v) is 3.09. The molecule has 4 nitrogen and oxygen atoms in total. The second-order valence-electron chi connectivity index (χ2n) is 3.09. The molecule has 0 unspecified atom stereocenters. The summed E-state index contributed by atoms with van der Waals surface area (Å²) >= 11 is 0. The first-order valence-corrected chi connectivity index (χ1v) is 4.61. The van der Waals surface area contributed by atoms with Crippen LogP contribution >= 0.6 is 0 Å². The molecule has 0 aliphatic heterocycles. The quantitative estimate of drug-likeness (QED) is 0.232. The fourth-order valence-electron chi connectivity index (χ4n) is 0.905. The van der Waals surface area contributed by atoms with Gasteiger partial charge in [-0.1, -0.05) is 24.9 Å². The lowest BCUT2D eigenvalue weighted by Crippen LogP contribution is -2.23. The lowest BCUT2D eigenvalue weighted by atomic mass is 10.2. The van der Waals surface area contributed by atoms with Gasteiger partial charge in [0.05, 0.1) is 0 Å². The van der Waals surface area contributed by atoms with Crippen LogP contribution in [0.15, 0.2) is 10.1 Å². The van der Waals surface area contributed by atoms with Gasteiger partial charge in [-0.05, 0) is 6.42 Å². The van der Waals surface area contributed by atoms with E-state index >= 15 is 0 Å². The maximum absolute atomic E-state index is 8.35. The summed E-state index contributed by atoms with van der Waals surface area (Å²) in [6, 6.07) is 0. The summed E-state index contributed by atoms with van der Waals surface area (Å²) in [5, 5.41) is 11.3. The number of rotatable bonds is 5. The number of aliphatic imine (C=N–C) groups is 1. The molecule has 1 N–H and O–H groups in total. The molecule has 0 aliphatic carbocycles. The van der Waals surface area contributed by atoms with Crippen LogP contribution in [0.2, 0.25) is 0 Å². The first-order valence-electron chi connectivity index (χ1n) is 4.61. The molecule has 0 saturated heterocycles. The SMILES string of the molecule is CCCCCN=C(C=NO)N(C)C. The molecule has 0 spiro atoms. The third-order valence-corrected chi connectivity index (χ3v) is 1.67. The molecule has 0 heterocycles. The van der Waals surface area contributed by atoms with Gasteiger partial charge >= 0.3 is 0 Å². The van der Waals surface area contributed by atoms with E-state index in [0.29, 0.717) is 5.84 Å². The molecule has 0 bridgehead atoms. The predicted octanol–water partition coefficient (Wildman–Crippen LogP) is 1.60. The number of hydrogen-bond acceptors (Lipinski definition) is 3. The van der Waals surface area contributed by atoms with Crippen molar-refractivity contribution in [2.45, 2.75) is 26.2 Å². The summed E-state index contributed by atoms with van der Waals surface area (Å²) in [5.41, 5.74) is 0. The Morgan fingerprint density at radius 2 is 2.08 bits per heavy atom. The second kappa shape index (κ2) is 7.58. The lowest BCUT2D eigenvalue weighted by Gasteiger charge is -2.10. The average Bonchev–Trinajstić information content (AvgIpc) is 2.10. The van der Waals surface area contributed by atoms with Crippen molar-refractivity contribution in [3.05, 3.63) is 0 Å². The summed E-state index contributed by atoms with van der Waals surface area (Å²) < 4.78 is 0. The van der Waals surface area contributed by atoms with Crippen LogP contribution in [0, 0.1) is 0 Å². The molecule has 4 heteroatoms. The van der Waals surface area contributed by atoms with Crippen molar-refractivity contribution in [3.8, 4) is 0 Å². The molecule has 0 fully saturated rings. The number of oxime groups is 1. The topological polar surface area (TPSA) is 48.2 Å². The number of unbranched alkanes of at least 4 members (excludes halogenated alkanes) is 2. The van der Waals surface area contributed by atoms with Crippen molar-refractivity contribution in [1.29, 1.82) is 0 Å². The van der Waals surface area contributed by atoms with Crippen molar-refractivity contribution >= 4 is 12.1 Å². The lowest BCUT2D eigenvalue weighted by molar-refractivity contribution is 0.322. The summed E-state index contributed by atoms with van der Waals surface area (Å²) in [5.74, 6) is 0.707. The minimum Gasteiger partial charge on any atom is -0.411 e. The summed E-state index contributed by atoms with van der Waals surface area (Å²) in [6.07, 6.45) is 4.83. The van der Waals surface area contributed by atoms with Gasteiger partial charge in [-0.15, -0.1) is 0 Å². The van der Waals surface area contributed by atoms with E-state index < -0.39 is 0 Å². The molecule has 0 aliphatic rings. The van der Waals surface area contributed by atoms with E-state index in [1.54, 1.807) is 0 Å². The van der Waals surface area contributed by atoms with E-state index in [4.69, 9.17) is 5.21 Å². The molecule has 76 valence electrons. The van der Waals surface area contributed by atoms with E-state index in [-0.39, 0.29) is 0 Å².